The van der Waals surface area contributed by atoms with E-state index >= 15 is 0 Å². The van der Waals surface area contributed by atoms with Crippen molar-refractivity contribution < 1.29 is 14.7 Å². The standard InChI is InChI=1S/C10H10N2O3S/c1-2-6-3-8(13)12(4-6)10-11-7(5-16-10)9(14)15/h2,5-6H,1,3-4H2,(H,14,15). The van der Waals surface area contributed by atoms with Gasteiger partial charge in [0.15, 0.2) is 10.8 Å². The second-order valence-corrected chi connectivity index (χ2v) is 4.36. The average molecular weight is 238 g/mol. The molecular weight excluding hydrogens is 228 g/mol. The molecule has 1 atom stereocenters. The molecule has 1 aliphatic heterocycles. The normalized spacial score (nSPS) is 20.1. The zero-order valence-electron chi connectivity index (χ0n) is 8.42. The Kier molecular flexibility index (Phi) is 2.74. The first kappa shape index (κ1) is 10.8. The molecule has 0 bridgehead atoms. The van der Waals surface area contributed by atoms with Crippen molar-refractivity contribution >= 4 is 28.3 Å². The summed E-state index contributed by atoms with van der Waals surface area (Å²) < 4.78 is 0. The highest BCUT2D eigenvalue weighted by atomic mass is 32.1. The van der Waals surface area contributed by atoms with Crippen LogP contribution in [0.5, 0.6) is 0 Å². The molecule has 84 valence electrons. The number of carbonyl (C=O) groups is 2. The Labute approximate surface area is 96.0 Å². The molecule has 1 aliphatic rings. The second kappa shape index (κ2) is 4.05. The van der Waals surface area contributed by atoms with Gasteiger partial charge in [-0.25, -0.2) is 9.78 Å². The van der Waals surface area contributed by atoms with Crippen LogP contribution in [-0.2, 0) is 4.79 Å². The molecule has 0 saturated carbocycles. The van der Waals surface area contributed by atoms with E-state index < -0.39 is 5.97 Å². The van der Waals surface area contributed by atoms with Crippen molar-refractivity contribution in [2.24, 2.45) is 5.92 Å². The lowest BCUT2D eigenvalue weighted by Gasteiger charge is -2.11. The molecule has 1 aromatic rings. The maximum absolute atomic E-state index is 11.6. The van der Waals surface area contributed by atoms with Gasteiger partial charge in [0.05, 0.1) is 0 Å². The van der Waals surface area contributed by atoms with Gasteiger partial charge in [0.2, 0.25) is 5.91 Å². The zero-order valence-corrected chi connectivity index (χ0v) is 9.24. The van der Waals surface area contributed by atoms with Crippen LogP contribution < -0.4 is 4.90 Å². The van der Waals surface area contributed by atoms with E-state index in [1.54, 1.807) is 6.08 Å². The maximum Gasteiger partial charge on any atom is 0.355 e. The molecule has 0 aliphatic carbocycles. The van der Waals surface area contributed by atoms with E-state index in [4.69, 9.17) is 5.11 Å². The van der Waals surface area contributed by atoms with Crippen molar-refractivity contribution in [1.82, 2.24) is 4.98 Å². The van der Waals surface area contributed by atoms with Crippen LogP contribution in [0.3, 0.4) is 0 Å². The molecular formula is C10H10N2O3S. The summed E-state index contributed by atoms with van der Waals surface area (Å²) in [4.78, 5) is 27.7. The summed E-state index contributed by atoms with van der Waals surface area (Å²) >= 11 is 1.17. The molecule has 1 fully saturated rings. The summed E-state index contributed by atoms with van der Waals surface area (Å²) in [5.74, 6) is -0.977. The molecule has 0 spiro atoms. The molecule has 1 unspecified atom stereocenters. The summed E-state index contributed by atoms with van der Waals surface area (Å²) in [5.41, 5.74) is -0.0187. The van der Waals surface area contributed by atoms with Crippen molar-refractivity contribution in [2.45, 2.75) is 6.42 Å². The molecule has 6 heteroatoms. The van der Waals surface area contributed by atoms with Crippen molar-refractivity contribution in [2.75, 3.05) is 11.4 Å². The summed E-state index contributed by atoms with van der Waals surface area (Å²) in [5, 5.41) is 10.6. The van der Waals surface area contributed by atoms with Crippen LogP contribution in [-0.4, -0.2) is 28.5 Å². The molecule has 0 radical (unpaired) electrons. The lowest BCUT2D eigenvalue weighted by atomic mass is 10.1. The molecule has 5 nitrogen and oxygen atoms in total. The van der Waals surface area contributed by atoms with Gasteiger partial charge in [-0.3, -0.25) is 9.69 Å². The minimum atomic E-state index is -1.07. The van der Waals surface area contributed by atoms with E-state index in [-0.39, 0.29) is 17.5 Å². The van der Waals surface area contributed by atoms with Crippen molar-refractivity contribution in [3.8, 4) is 0 Å². The third-order valence-electron chi connectivity index (χ3n) is 2.43. The van der Waals surface area contributed by atoms with Gasteiger partial charge >= 0.3 is 5.97 Å². The number of hydrogen-bond donors (Lipinski definition) is 1. The minimum absolute atomic E-state index is 0.0187. The predicted molar refractivity (Wildman–Crippen MR) is 59.7 cm³/mol. The lowest BCUT2D eigenvalue weighted by molar-refractivity contribution is -0.117. The number of aromatic nitrogens is 1. The monoisotopic (exact) mass is 238 g/mol. The van der Waals surface area contributed by atoms with Crippen LogP contribution in [0.1, 0.15) is 16.9 Å². The fraction of sp³-hybridized carbons (Fsp3) is 0.300. The van der Waals surface area contributed by atoms with Crippen LogP contribution in [0.2, 0.25) is 0 Å². The second-order valence-electron chi connectivity index (χ2n) is 3.52. The van der Waals surface area contributed by atoms with E-state index in [1.165, 1.54) is 21.6 Å². The van der Waals surface area contributed by atoms with Crippen LogP contribution in [0, 0.1) is 5.92 Å². The van der Waals surface area contributed by atoms with E-state index in [0.29, 0.717) is 18.1 Å². The first-order valence-electron chi connectivity index (χ1n) is 4.73. The zero-order chi connectivity index (χ0) is 11.7. The molecule has 2 heterocycles. The van der Waals surface area contributed by atoms with Crippen LogP contribution in [0.4, 0.5) is 5.13 Å². The van der Waals surface area contributed by atoms with Gasteiger partial charge in [-0.2, -0.15) is 0 Å². The van der Waals surface area contributed by atoms with Gasteiger partial charge in [-0.15, -0.1) is 17.9 Å². The number of thiazole rings is 1. The van der Waals surface area contributed by atoms with Gasteiger partial charge in [0.25, 0.3) is 0 Å². The van der Waals surface area contributed by atoms with Gasteiger partial charge in [0, 0.05) is 24.3 Å². The van der Waals surface area contributed by atoms with Gasteiger partial charge in [-0.05, 0) is 0 Å². The van der Waals surface area contributed by atoms with E-state index in [9.17, 15) is 9.59 Å². The molecule has 0 aromatic carbocycles. The highest BCUT2D eigenvalue weighted by Crippen LogP contribution is 2.28. The van der Waals surface area contributed by atoms with Crippen LogP contribution in [0.25, 0.3) is 0 Å². The first-order valence-corrected chi connectivity index (χ1v) is 5.61. The Morgan fingerprint density at radius 1 is 1.75 bits per heavy atom. The Bertz CT molecular complexity index is 455. The number of rotatable bonds is 3. The van der Waals surface area contributed by atoms with E-state index in [2.05, 4.69) is 11.6 Å². The van der Waals surface area contributed by atoms with Crippen LogP contribution >= 0.6 is 11.3 Å². The predicted octanol–water partition coefficient (Wildman–Crippen LogP) is 1.38. The Morgan fingerprint density at radius 3 is 3.00 bits per heavy atom. The number of aromatic carboxylic acids is 1. The molecule has 1 saturated heterocycles. The first-order chi connectivity index (χ1) is 7.61. The highest BCUT2D eigenvalue weighted by Gasteiger charge is 2.30. The van der Waals surface area contributed by atoms with Crippen LogP contribution in [0.15, 0.2) is 18.0 Å². The molecule has 2 rings (SSSR count). The molecule has 1 N–H and O–H groups in total. The van der Waals surface area contributed by atoms with Crippen molar-refractivity contribution in [1.29, 1.82) is 0 Å². The SMILES string of the molecule is C=CC1CC(=O)N(c2nc(C(=O)O)cs2)C1. The number of hydrogen-bond acceptors (Lipinski definition) is 4. The van der Waals surface area contributed by atoms with Gasteiger partial charge < -0.3 is 5.11 Å². The third kappa shape index (κ3) is 1.83. The number of amides is 1. The molecule has 1 aromatic heterocycles. The minimum Gasteiger partial charge on any atom is -0.476 e. The molecule has 1 amide bonds. The lowest BCUT2D eigenvalue weighted by Crippen LogP contribution is -2.24. The Balaban J connectivity index is 2.21. The fourth-order valence-electron chi connectivity index (χ4n) is 1.56. The maximum atomic E-state index is 11.6. The number of nitrogens with zero attached hydrogens (tertiary/aromatic N) is 2. The smallest absolute Gasteiger partial charge is 0.355 e. The summed E-state index contributed by atoms with van der Waals surface area (Å²) in [7, 11) is 0. The highest BCUT2D eigenvalue weighted by molar-refractivity contribution is 7.14. The largest absolute Gasteiger partial charge is 0.476 e. The van der Waals surface area contributed by atoms with Crippen molar-refractivity contribution in [3.05, 3.63) is 23.7 Å². The quantitative estimate of drug-likeness (QED) is 0.807. The number of carbonyl (C=O) groups excluding carboxylic acids is 1. The fourth-order valence-corrected chi connectivity index (χ4v) is 2.39. The van der Waals surface area contributed by atoms with Gasteiger partial charge in [-0.1, -0.05) is 6.08 Å². The molecule has 16 heavy (non-hydrogen) atoms. The topological polar surface area (TPSA) is 70.5 Å². The number of carboxylic acids is 1. The number of carboxylic acid groups (broad SMARTS) is 1. The summed E-state index contributed by atoms with van der Waals surface area (Å²) in [6.07, 6.45) is 2.16. The average Bonchev–Trinajstić information content (AvgIpc) is 2.83. The van der Waals surface area contributed by atoms with Crippen molar-refractivity contribution in [3.63, 3.8) is 0 Å². The Hall–Kier alpha value is -1.69. The third-order valence-corrected chi connectivity index (χ3v) is 3.29. The number of anilines is 1. The van der Waals surface area contributed by atoms with E-state index in [0.717, 1.165) is 0 Å². The van der Waals surface area contributed by atoms with E-state index in [1.807, 2.05) is 0 Å². The summed E-state index contributed by atoms with van der Waals surface area (Å²) in [6.45, 7) is 4.19. The summed E-state index contributed by atoms with van der Waals surface area (Å²) in [6, 6.07) is 0. The van der Waals surface area contributed by atoms with Gasteiger partial charge in [0.1, 0.15) is 0 Å². The Morgan fingerprint density at radius 2 is 2.50 bits per heavy atom.